The van der Waals surface area contributed by atoms with Crippen LogP contribution in [0.5, 0.6) is 0 Å². The molecular weight excluding hydrogens is 266 g/mol. The van der Waals surface area contributed by atoms with Gasteiger partial charge in [-0.2, -0.15) is 0 Å². The fraction of sp³-hybridized carbons (Fsp3) is 0.538. The maximum absolute atomic E-state index is 13.8. The second-order valence-electron chi connectivity index (χ2n) is 4.82. The zero-order valence-corrected chi connectivity index (χ0v) is 11.3. The molecule has 1 amide bonds. The highest BCUT2D eigenvalue weighted by atomic mass is 19.1. The van der Waals surface area contributed by atoms with E-state index in [2.05, 4.69) is 10.3 Å². The first-order valence-corrected chi connectivity index (χ1v) is 6.67. The number of nitrogens with one attached hydrogen (secondary N) is 1. The van der Waals surface area contributed by atoms with Gasteiger partial charge in [0.25, 0.3) is 0 Å². The summed E-state index contributed by atoms with van der Waals surface area (Å²) in [4.78, 5) is 16.8. The van der Waals surface area contributed by atoms with Crippen molar-refractivity contribution in [1.29, 1.82) is 0 Å². The number of carbonyl (C=O) groups is 1. The van der Waals surface area contributed by atoms with E-state index in [-0.39, 0.29) is 23.5 Å². The van der Waals surface area contributed by atoms with Gasteiger partial charge in [-0.3, -0.25) is 4.79 Å². The number of hydrogen-bond acceptors (Lipinski definition) is 4. The molecule has 1 aromatic heterocycles. The largest absolute Gasteiger partial charge is 0.369 e. The van der Waals surface area contributed by atoms with E-state index in [1.165, 1.54) is 0 Å². The number of nitrogens with two attached hydrogens (primary N) is 1. The van der Waals surface area contributed by atoms with Gasteiger partial charge in [-0.05, 0) is 19.8 Å². The predicted molar refractivity (Wildman–Crippen MR) is 72.4 cm³/mol. The van der Waals surface area contributed by atoms with Gasteiger partial charge < -0.3 is 16.0 Å². The summed E-state index contributed by atoms with van der Waals surface area (Å²) in [6.07, 6.45) is 1.12. The third kappa shape index (κ3) is 2.97. The highest BCUT2D eigenvalue weighted by Crippen LogP contribution is 2.26. The van der Waals surface area contributed by atoms with Crippen LogP contribution in [0, 0.1) is 17.6 Å². The molecule has 0 bridgehead atoms. The van der Waals surface area contributed by atoms with E-state index in [4.69, 9.17) is 5.73 Å². The minimum Gasteiger partial charge on any atom is -0.369 e. The van der Waals surface area contributed by atoms with Crippen LogP contribution in [0.15, 0.2) is 6.07 Å². The van der Waals surface area contributed by atoms with E-state index in [9.17, 15) is 13.6 Å². The van der Waals surface area contributed by atoms with Gasteiger partial charge in [-0.25, -0.2) is 13.8 Å². The highest BCUT2D eigenvalue weighted by Gasteiger charge is 2.26. The third-order valence-corrected chi connectivity index (χ3v) is 3.45. The summed E-state index contributed by atoms with van der Waals surface area (Å²) in [5.74, 6) is -1.75. The summed E-state index contributed by atoms with van der Waals surface area (Å²) in [6.45, 7) is 3.27. The maximum Gasteiger partial charge on any atom is 0.220 e. The molecule has 5 nitrogen and oxygen atoms in total. The van der Waals surface area contributed by atoms with Crippen molar-refractivity contribution in [2.45, 2.75) is 19.8 Å². The summed E-state index contributed by atoms with van der Waals surface area (Å²) >= 11 is 0. The molecule has 110 valence electrons. The van der Waals surface area contributed by atoms with Gasteiger partial charge in [-0.1, -0.05) is 0 Å². The number of pyridine rings is 1. The SMILES string of the molecule is CCNc1nc(N2CCC(C(N)=O)CC2)c(F)cc1F. The topological polar surface area (TPSA) is 71.2 Å². The van der Waals surface area contributed by atoms with Gasteiger partial charge in [0.1, 0.15) is 0 Å². The molecule has 0 radical (unpaired) electrons. The number of piperidine rings is 1. The van der Waals surface area contributed by atoms with Crippen molar-refractivity contribution >= 4 is 17.5 Å². The van der Waals surface area contributed by atoms with Gasteiger partial charge in [0.2, 0.25) is 5.91 Å². The second-order valence-corrected chi connectivity index (χ2v) is 4.82. The van der Waals surface area contributed by atoms with E-state index in [1.807, 2.05) is 6.92 Å². The number of hydrogen-bond donors (Lipinski definition) is 2. The quantitative estimate of drug-likeness (QED) is 0.879. The van der Waals surface area contributed by atoms with Gasteiger partial charge in [0.05, 0.1) is 0 Å². The molecule has 1 fully saturated rings. The Labute approximate surface area is 116 Å². The maximum atomic E-state index is 13.8. The summed E-state index contributed by atoms with van der Waals surface area (Å²) < 4.78 is 27.4. The molecule has 0 spiro atoms. The van der Waals surface area contributed by atoms with Crippen LogP contribution < -0.4 is 16.0 Å². The fourth-order valence-corrected chi connectivity index (χ4v) is 2.35. The van der Waals surface area contributed by atoms with Crippen LogP contribution in [0.2, 0.25) is 0 Å². The molecule has 2 heterocycles. The molecule has 1 aliphatic rings. The molecule has 20 heavy (non-hydrogen) atoms. The fourth-order valence-electron chi connectivity index (χ4n) is 2.35. The van der Waals surface area contributed by atoms with Crippen LogP contribution in [0.1, 0.15) is 19.8 Å². The molecule has 0 atom stereocenters. The molecule has 3 N–H and O–H groups in total. The highest BCUT2D eigenvalue weighted by molar-refractivity contribution is 5.77. The van der Waals surface area contributed by atoms with Gasteiger partial charge in [-0.15, -0.1) is 0 Å². The van der Waals surface area contributed by atoms with E-state index in [1.54, 1.807) is 4.90 Å². The van der Waals surface area contributed by atoms with Crippen molar-refractivity contribution in [3.8, 4) is 0 Å². The zero-order chi connectivity index (χ0) is 14.7. The van der Waals surface area contributed by atoms with Crippen LogP contribution in [0.25, 0.3) is 0 Å². The zero-order valence-electron chi connectivity index (χ0n) is 11.3. The van der Waals surface area contributed by atoms with Crippen molar-refractivity contribution in [1.82, 2.24) is 4.98 Å². The number of rotatable bonds is 4. The van der Waals surface area contributed by atoms with Gasteiger partial charge in [0, 0.05) is 31.6 Å². The van der Waals surface area contributed by atoms with Crippen molar-refractivity contribution < 1.29 is 13.6 Å². The van der Waals surface area contributed by atoms with Crippen LogP contribution in [-0.4, -0.2) is 30.5 Å². The number of nitrogens with zero attached hydrogens (tertiary/aromatic N) is 2. The lowest BCUT2D eigenvalue weighted by atomic mass is 9.96. The van der Waals surface area contributed by atoms with Crippen LogP contribution in [0.3, 0.4) is 0 Å². The van der Waals surface area contributed by atoms with E-state index >= 15 is 0 Å². The number of anilines is 2. The number of amides is 1. The van der Waals surface area contributed by atoms with Crippen LogP contribution >= 0.6 is 0 Å². The van der Waals surface area contributed by atoms with Crippen molar-refractivity contribution in [3.05, 3.63) is 17.7 Å². The molecule has 1 saturated heterocycles. The number of primary amides is 1. The lowest BCUT2D eigenvalue weighted by Gasteiger charge is -2.31. The van der Waals surface area contributed by atoms with E-state index in [0.717, 1.165) is 6.07 Å². The molecule has 1 aromatic rings. The molecule has 0 aliphatic carbocycles. The minimum atomic E-state index is -0.708. The van der Waals surface area contributed by atoms with Gasteiger partial charge in [0.15, 0.2) is 23.3 Å². The van der Waals surface area contributed by atoms with Crippen LogP contribution in [-0.2, 0) is 4.79 Å². The Balaban J connectivity index is 2.17. The summed E-state index contributed by atoms with van der Waals surface area (Å²) in [7, 11) is 0. The first kappa shape index (κ1) is 14.5. The lowest BCUT2D eigenvalue weighted by molar-refractivity contribution is -0.122. The van der Waals surface area contributed by atoms with Crippen molar-refractivity contribution in [2.75, 3.05) is 29.9 Å². The monoisotopic (exact) mass is 284 g/mol. The van der Waals surface area contributed by atoms with Crippen molar-refractivity contribution in [3.63, 3.8) is 0 Å². The Morgan fingerprint density at radius 2 is 2.10 bits per heavy atom. The average Bonchev–Trinajstić information content (AvgIpc) is 2.42. The Hall–Kier alpha value is -1.92. The number of halogens is 2. The average molecular weight is 284 g/mol. The molecule has 0 unspecified atom stereocenters. The van der Waals surface area contributed by atoms with Crippen LogP contribution in [0.4, 0.5) is 20.4 Å². The van der Waals surface area contributed by atoms with Gasteiger partial charge >= 0.3 is 0 Å². The number of carbonyl (C=O) groups excluding carboxylic acids is 1. The Kier molecular flexibility index (Phi) is 4.36. The Morgan fingerprint density at radius 1 is 1.45 bits per heavy atom. The second kappa shape index (κ2) is 6.02. The first-order valence-electron chi connectivity index (χ1n) is 6.67. The molecule has 0 saturated carbocycles. The molecule has 2 rings (SSSR count). The van der Waals surface area contributed by atoms with E-state index in [0.29, 0.717) is 32.5 Å². The Morgan fingerprint density at radius 3 is 2.65 bits per heavy atom. The van der Waals surface area contributed by atoms with Crippen molar-refractivity contribution in [2.24, 2.45) is 11.7 Å². The lowest BCUT2D eigenvalue weighted by Crippen LogP contribution is -2.39. The summed E-state index contributed by atoms with van der Waals surface area (Å²) in [5.41, 5.74) is 5.26. The third-order valence-electron chi connectivity index (χ3n) is 3.45. The summed E-state index contributed by atoms with van der Waals surface area (Å²) in [6, 6.07) is 0.834. The minimum absolute atomic E-state index is 0.0425. The molecule has 7 heteroatoms. The van der Waals surface area contributed by atoms with E-state index < -0.39 is 11.6 Å². The molecular formula is C13H18F2N4O. The predicted octanol–water partition coefficient (Wildman–Crippen LogP) is 1.49. The number of aromatic nitrogens is 1. The first-order chi connectivity index (χ1) is 9.52. The molecule has 0 aromatic carbocycles. The molecule has 1 aliphatic heterocycles. The normalized spacial score (nSPS) is 16.2. The standard InChI is InChI=1S/C13H18F2N4O/c1-2-17-12-9(14)7-10(15)13(18-12)19-5-3-8(4-6-19)11(16)20/h7-8H,2-6H2,1H3,(H2,16,20)(H,17,18). The summed E-state index contributed by atoms with van der Waals surface area (Å²) in [5, 5.41) is 2.76. The smallest absolute Gasteiger partial charge is 0.220 e. The Bertz CT molecular complexity index is 501.